The van der Waals surface area contributed by atoms with E-state index in [1.807, 2.05) is 30.0 Å². The maximum Gasteiger partial charge on any atom is 0.226 e. The van der Waals surface area contributed by atoms with Crippen LogP contribution >= 0.6 is 0 Å². The predicted octanol–water partition coefficient (Wildman–Crippen LogP) is 3.15. The number of carbonyl (C=O) groups excluding carboxylic acids is 1. The molecule has 2 saturated heterocycles. The van der Waals surface area contributed by atoms with Gasteiger partial charge in [0.25, 0.3) is 0 Å². The molecule has 0 saturated carbocycles. The maximum absolute atomic E-state index is 13.0. The highest BCUT2D eigenvalue weighted by Gasteiger charge is 2.37. The molecule has 1 amide bonds. The third kappa shape index (κ3) is 3.49. The average Bonchev–Trinajstić information content (AvgIpc) is 3.36. The number of furan rings is 1. The number of hydrogen-bond donors (Lipinski definition) is 0. The number of piperidine rings is 1. The maximum atomic E-state index is 13.0. The van der Waals surface area contributed by atoms with Crippen LogP contribution in [-0.2, 0) is 11.3 Å². The highest BCUT2D eigenvalue weighted by Crippen LogP contribution is 2.35. The Balaban J connectivity index is 1.35. The van der Waals surface area contributed by atoms with Crippen LogP contribution in [0.1, 0.15) is 48.9 Å². The fourth-order valence-corrected chi connectivity index (χ4v) is 4.06. The Morgan fingerprint density at radius 1 is 1.28 bits per heavy atom. The molecular formula is C19H25N3O3. The standard InChI is InChI=1S/C19H25N3O3/c1-14-12-18(25-20-14)17-5-2-8-22(17)19(23)15-6-9-21(10-7-15)13-16-4-3-11-24-16/h3-4,11-12,15,17H,2,5-10,13H2,1H3. The van der Waals surface area contributed by atoms with Gasteiger partial charge in [-0.25, -0.2) is 0 Å². The van der Waals surface area contributed by atoms with Gasteiger partial charge in [-0.2, -0.15) is 0 Å². The summed E-state index contributed by atoms with van der Waals surface area (Å²) in [6.07, 6.45) is 5.55. The third-order valence-electron chi connectivity index (χ3n) is 5.41. The Labute approximate surface area is 147 Å². The fraction of sp³-hybridized carbons (Fsp3) is 0.579. The molecule has 1 atom stereocenters. The van der Waals surface area contributed by atoms with Gasteiger partial charge in [-0.1, -0.05) is 5.16 Å². The number of amides is 1. The molecule has 2 aromatic rings. The number of aryl methyl sites for hydroxylation is 1. The third-order valence-corrected chi connectivity index (χ3v) is 5.41. The van der Waals surface area contributed by atoms with Crippen molar-refractivity contribution in [3.63, 3.8) is 0 Å². The molecule has 6 nitrogen and oxygen atoms in total. The number of nitrogens with zero attached hydrogens (tertiary/aromatic N) is 3. The zero-order valence-electron chi connectivity index (χ0n) is 14.7. The van der Waals surface area contributed by atoms with Crippen LogP contribution in [0.15, 0.2) is 33.4 Å². The van der Waals surface area contributed by atoms with Crippen molar-refractivity contribution in [3.8, 4) is 0 Å². The van der Waals surface area contributed by atoms with Crippen molar-refractivity contribution in [1.29, 1.82) is 0 Å². The lowest BCUT2D eigenvalue weighted by Crippen LogP contribution is -2.42. The number of rotatable bonds is 4. The Morgan fingerprint density at radius 2 is 2.12 bits per heavy atom. The summed E-state index contributed by atoms with van der Waals surface area (Å²) in [5.41, 5.74) is 0.875. The molecule has 4 rings (SSSR count). The highest BCUT2D eigenvalue weighted by molar-refractivity contribution is 5.79. The molecule has 2 aliphatic rings. The van der Waals surface area contributed by atoms with E-state index in [-0.39, 0.29) is 17.9 Å². The Bertz CT molecular complexity index is 701. The van der Waals surface area contributed by atoms with Crippen molar-refractivity contribution >= 4 is 5.91 Å². The molecule has 4 heterocycles. The number of aromatic nitrogens is 1. The van der Waals surface area contributed by atoms with Crippen LogP contribution in [0.2, 0.25) is 0 Å². The van der Waals surface area contributed by atoms with Gasteiger partial charge in [-0.05, 0) is 57.8 Å². The smallest absolute Gasteiger partial charge is 0.226 e. The first-order valence-corrected chi connectivity index (χ1v) is 9.19. The van der Waals surface area contributed by atoms with Crippen molar-refractivity contribution < 1.29 is 13.7 Å². The van der Waals surface area contributed by atoms with Gasteiger partial charge in [-0.3, -0.25) is 9.69 Å². The van der Waals surface area contributed by atoms with Crippen LogP contribution in [0, 0.1) is 12.8 Å². The lowest BCUT2D eigenvalue weighted by molar-refractivity contribution is -0.138. The van der Waals surface area contributed by atoms with E-state index in [2.05, 4.69) is 10.1 Å². The minimum absolute atomic E-state index is 0.0647. The molecule has 1 unspecified atom stereocenters. The topological polar surface area (TPSA) is 62.7 Å². The Morgan fingerprint density at radius 3 is 2.80 bits per heavy atom. The molecule has 0 N–H and O–H groups in total. The summed E-state index contributed by atoms with van der Waals surface area (Å²) in [5.74, 6) is 2.23. The van der Waals surface area contributed by atoms with Crippen LogP contribution in [-0.4, -0.2) is 40.5 Å². The summed E-state index contributed by atoms with van der Waals surface area (Å²) in [5, 5.41) is 3.98. The summed E-state index contributed by atoms with van der Waals surface area (Å²) in [6.45, 7) is 5.46. The molecule has 2 aromatic heterocycles. The van der Waals surface area contributed by atoms with Gasteiger partial charge in [0.05, 0.1) is 24.5 Å². The molecule has 6 heteroatoms. The van der Waals surface area contributed by atoms with E-state index in [4.69, 9.17) is 8.94 Å². The van der Waals surface area contributed by atoms with E-state index < -0.39 is 0 Å². The lowest BCUT2D eigenvalue weighted by Gasteiger charge is -2.34. The van der Waals surface area contributed by atoms with Crippen molar-refractivity contribution in [2.45, 2.75) is 45.2 Å². The molecule has 0 bridgehead atoms. The van der Waals surface area contributed by atoms with Crippen LogP contribution in [0.5, 0.6) is 0 Å². The Kier molecular flexibility index (Phi) is 4.61. The second-order valence-electron chi connectivity index (χ2n) is 7.19. The zero-order chi connectivity index (χ0) is 17.2. The molecule has 25 heavy (non-hydrogen) atoms. The number of hydrogen-bond acceptors (Lipinski definition) is 5. The van der Waals surface area contributed by atoms with E-state index in [0.717, 1.165) is 69.1 Å². The summed E-state index contributed by atoms with van der Waals surface area (Å²) < 4.78 is 10.9. The van der Waals surface area contributed by atoms with Crippen LogP contribution < -0.4 is 0 Å². The predicted molar refractivity (Wildman–Crippen MR) is 91.6 cm³/mol. The summed E-state index contributed by atoms with van der Waals surface area (Å²) >= 11 is 0. The van der Waals surface area contributed by atoms with Crippen molar-refractivity contribution in [2.75, 3.05) is 19.6 Å². The summed E-state index contributed by atoms with van der Waals surface area (Å²) in [6, 6.07) is 5.95. The van der Waals surface area contributed by atoms with Gasteiger partial charge >= 0.3 is 0 Å². The van der Waals surface area contributed by atoms with Gasteiger partial charge in [0.15, 0.2) is 5.76 Å². The molecule has 2 fully saturated rings. The fourth-order valence-electron chi connectivity index (χ4n) is 4.06. The first-order valence-electron chi connectivity index (χ1n) is 9.19. The summed E-state index contributed by atoms with van der Waals surface area (Å²) in [7, 11) is 0. The largest absolute Gasteiger partial charge is 0.468 e. The summed E-state index contributed by atoms with van der Waals surface area (Å²) in [4.78, 5) is 17.4. The first-order chi connectivity index (χ1) is 12.2. The molecule has 0 aromatic carbocycles. The van der Waals surface area contributed by atoms with Crippen molar-refractivity contribution in [2.24, 2.45) is 5.92 Å². The minimum Gasteiger partial charge on any atom is -0.468 e. The highest BCUT2D eigenvalue weighted by atomic mass is 16.5. The SMILES string of the molecule is Cc1cc(C2CCCN2C(=O)C2CCN(Cc3ccco3)CC2)on1. The monoisotopic (exact) mass is 343 g/mol. The average molecular weight is 343 g/mol. The second-order valence-corrected chi connectivity index (χ2v) is 7.19. The van der Waals surface area contributed by atoms with E-state index >= 15 is 0 Å². The van der Waals surface area contributed by atoms with Crippen molar-refractivity contribution in [1.82, 2.24) is 15.0 Å². The lowest BCUT2D eigenvalue weighted by atomic mass is 9.94. The minimum atomic E-state index is 0.0647. The van der Waals surface area contributed by atoms with Gasteiger partial charge in [0.2, 0.25) is 5.91 Å². The van der Waals surface area contributed by atoms with Crippen LogP contribution in [0.4, 0.5) is 0 Å². The van der Waals surface area contributed by atoms with Gasteiger partial charge in [-0.15, -0.1) is 0 Å². The molecule has 0 aliphatic carbocycles. The second kappa shape index (κ2) is 7.04. The quantitative estimate of drug-likeness (QED) is 0.853. The van der Waals surface area contributed by atoms with Crippen LogP contribution in [0.3, 0.4) is 0 Å². The normalized spacial score (nSPS) is 22.6. The van der Waals surface area contributed by atoms with E-state index in [1.165, 1.54) is 0 Å². The van der Waals surface area contributed by atoms with Gasteiger partial charge in [0, 0.05) is 18.5 Å². The molecule has 0 radical (unpaired) electrons. The van der Waals surface area contributed by atoms with Gasteiger partial charge in [0.1, 0.15) is 5.76 Å². The molecule has 2 aliphatic heterocycles. The van der Waals surface area contributed by atoms with Crippen molar-refractivity contribution in [3.05, 3.63) is 41.7 Å². The van der Waals surface area contributed by atoms with Gasteiger partial charge < -0.3 is 13.8 Å². The molecule has 134 valence electrons. The first kappa shape index (κ1) is 16.4. The van der Waals surface area contributed by atoms with Crippen LogP contribution in [0.25, 0.3) is 0 Å². The molecular weight excluding hydrogens is 318 g/mol. The van der Waals surface area contributed by atoms with E-state index in [1.54, 1.807) is 6.26 Å². The Hall–Kier alpha value is -2.08. The number of carbonyl (C=O) groups is 1. The zero-order valence-corrected chi connectivity index (χ0v) is 14.7. The van der Waals surface area contributed by atoms with E-state index in [0.29, 0.717) is 0 Å². The number of likely N-dealkylation sites (tertiary alicyclic amines) is 2. The van der Waals surface area contributed by atoms with E-state index in [9.17, 15) is 4.79 Å². The molecule has 0 spiro atoms.